The Bertz CT molecular complexity index is 1340. The number of sulfonamides is 1. The number of carbonyl (C=O) groups is 2. The molecule has 3 rings (SSSR count). The van der Waals surface area contributed by atoms with Crippen molar-refractivity contribution in [1.29, 1.82) is 0 Å². The average molecular weight is 508 g/mol. The minimum absolute atomic E-state index is 0.0394. The van der Waals surface area contributed by atoms with Crippen LogP contribution in [0.2, 0.25) is 0 Å². The number of hydrogen-bond donors (Lipinski definition) is 2. The van der Waals surface area contributed by atoms with Gasteiger partial charge in [0.15, 0.2) is 5.78 Å². The number of esters is 1. The minimum atomic E-state index is -4.46. The van der Waals surface area contributed by atoms with E-state index in [0.717, 1.165) is 31.4 Å². The highest BCUT2D eigenvalue weighted by atomic mass is 32.2. The number of hydrogen-bond acceptors (Lipinski definition) is 7. The lowest BCUT2D eigenvalue weighted by molar-refractivity contribution is -0.140. The van der Waals surface area contributed by atoms with Gasteiger partial charge in [-0.1, -0.05) is 12.1 Å². The molecule has 12 heteroatoms. The van der Waals surface area contributed by atoms with E-state index in [4.69, 9.17) is 0 Å². The molecule has 35 heavy (non-hydrogen) atoms. The number of halogens is 3. The lowest BCUT2D eigenvalue weighted by atomic mass is 10.0. The summed E-state index contributed by atoms with van der Waals surface area (Å²) in [5.74, 6) is -2.28. The summed E-state index contributed by atoms with van der Waals surface area (Å²) in [5.41, 5.74) is -0.110. The Kier molecular flexibility index (Phi) is 7.44. The van der Waals surface area contributed by atoms with Crippen LogP contribution in [0.1, 0.15) is 27.9 Å². The molecule has 0 saturated carbocycles. The number of benzene rings is 2. The van der Waals surface area contributed by atoms with Crippen LogP contribution in [0.4, 0.5) is 18.9 Å². The summed E-state index contributed by atoms with van der Waals surface area (Å²) in [6, 6.07) is 10.8. The Morgan fingerprint density at radius 3 is 2.26 bits per heavy atom. The molecule has 0 aliphatic rings. The first-order chi connectivity index (χ1) is 16.4. The largest absolute Gasteiger partial charge is 0.506 e. The number of methoxy groups -OCH3 is 1. The summed E-state index contributed by atoms with van der Waals surface area (Å²) in [5, 5.41) is 9.99. The van der Waals surface area contributed by atoms with E-state index in [1.54, 1.807) is 0 Å². The number of ether oxygens (including phenoxy) is 1. The van der Waals surface area contributed by atoms with Crippen LogP contribution in [-0.2, 0) is 25.7 Å². The van der Waals surface area contributed by atoms with Crippen LogP contribution >= 0.6 is 0 Å². The van der Waals surface area contributed by atoms with Gasteiger partial charge in [-0.05, 0) is 42.5 Å². The number of ketones is 1. The second kappa shape index (κ2) is 10.1. The first-order valence-electron chi connectivity index (χ1n) is 9.98. The standard InChI is InChI=1S/C23H19F3N2O6S/c1-34-21(30)10-11-35(32,33)28-19-12-15(5-9-20(19)29)22(31)16-4-8-18(27-13-16)14-2-6-17(7-3-14)23(24,25)26/h2-9,12-13,28-29H,10-11H2,1H3. The topological polar surface area (TPSA) is 123 Å². The lowest BCUT2D eigenvalue weighted by Gasteiger charge is -2.11. The normalized spacial score (nSPS) is 11.7. The molecule has 2 aromatic carbocycles. The van der Waals surface area contributed by atoms with Crippen LogP contribution in [0.15, 0.2) is 60.8 Å². The maximum absolute atomic E-state index is 12.8. The Labute approximate surface area is 198 Å². The molecule has 0 aliphatic carbocycles. The molecule has 0 saturated heterocycles. The van der Waals surface area contributed by atoms with Crippen molar-refractivity contribution < 1.29 is 41.0 Å². The SMILES string of the molecule is COC(=O)CCS(=O)(=O)Nc1cc(C(=O)c2ccc(-c3ccc(C(F)(F)F)cc3)nc2)ccc1O. The van der Waals surface area contributed by atoms with Crippen molar-refractivity contribution >= 4 is 27.5 Å². The molecule has 184 valence electrons. The first kappa shape index (κ1) is 25.7. The maximum Gasteiger partial charge on any atom is 0.416 e. The molecule has 0 spiro atoms. The highest BCUT2D eigenvalue weighted by molar-refractivity contribution is 7.92. The van der Waals surface area contributed by atoms with Gasteiger partial charge in [0, 0.05) is 22.9 Å². The van der Waals surface area contributed by atoms with Crippen molar-refractivity contribution in [3.8, 4) is 17.0 Å². The summed E-state index contributed by atoms with van der Waals surface area (Å²) >= 11 is 0. The molecular formula is C23H19F3N2O6S. The second-order valence-corrected chi connectivity index (χ2v) is 9.16. The van der Waals surface area contributed by atoms with Gasteiger partial charge in [0.25, 0.3) is 0 Å². The number of anilines is 1. The van der Waals surface area contributed by atoms with Crippen molar-refractivity contribution in [2.75, 3.05) is 17.6 Å². The summed E-state index contributed by atoms with van der Waals surface area (Å²) < 4.78 is 69.1. The Balaban J connectivity index is 1.77. The molecule has 8 nitrogen and oxygen atoms in total. The van der Waals surface area contributed by atoms with E-state index in [1.807, 2.05) is 0 Å². The Morgan fingerprint density at radius 2 is 1.69 bits per heavy atom. The van der Waals surface area contributed by atoms with Gasteiger partial charge in [0.1, 0.15) is 5.75 Å². The number of nitrogens with one attached hydrogen (secondary N) is 1. The fourth-order valence-electron chi connectivity index (χ4n) is 2.99. The summed E-state index contributed by atoms with van der Waals surface area (Å²) in [4.78, 5) is 28.2. The molecule has 1 aromatic heterocycles. The molecule has 2 N–H and O–H groups in total. The molecule has 0 aliphatic heterocycles. The monoisotopic (exact) mass is 508 g/mol. The van der Waals surface area contributed by atoms with Crippen molar-refractivity contribution in [3.05, 3.63) is 77.5 Å². The van der Waals surface area contributed by atoms with E-state index in [0.29, 0.717) is 11.3 Å². The number of phenols is 1. The van der Waals surface area contributed by atoms with Gasteiger partial charge in [0.05, 0.1) is 36.2 Å². The number of carbonyl (C=O) groups excluding carboxylic acids is 2. The van der Waals surface area contributed by atoms with Crippen LogP contribution in [0.25, 0.3) is 11.3 Å². The van der Waals surface area contributed by atoms with Crippen molar-refractivity contribution in [3.63, 3.8) is 0 Å². The van der Waals surface area contributed by atoms with Gasteiger partial charge in [-0.25, -0.2) is 8.42 Å². The van der Waals surface area contributed by atoms with Crippen LogP contribution in [0.3, 0.4) is 0 Å². The molecule has 0 bridgehead atoms. The predicted octanol–water partition coefficient (Wildman–Crippen LogP) is 4.01. The number of nitrogens with zero attached hydrogens (tertiary/aromatic N) is 1. The van der Waals surface area contributed by atoms with E-state index in [1.165, 1.54) is 36.5 Å². The van der Waals surface area contributed by atoms with Crippen LogP contribution < -0.4 is 4.72 Å². The molecule has 0 unspecified atom stereocenters. The highest BCUT2D eigenvalue weighted by Crippen LogP contribution is 2.31. The lowest BCUT2D eigenvalue weighted by Crippen LogP contribution is -2.19. The van der Waals surface area contributed by atoms with Crippen molar-refractivity contribution in [1.82, 2.24) is 4.98 Å². The predicted molar refractivity (Wildman–Crippen MR) is 120 cm³/mol. The number of phenolic OH excluding ortho intramolecular Hbond substituents is 1. The number of alkyl halides is 3. The number of pyridine rings is 1. The molecule has 3 aromatic rings. The number of aromatic hydroxyl groups is 1. The van der Waals surface area contributed by atoms with E-state index in [-0.39, 0.29) is 16.8 Å². The van der Waals surface area contributed by atoms with E-state index in [2.05, 4.69) is 14.4 Å². The van der Waals surface area contributed by atoms with Gasteiger partial charge in [-0.2, -0.15) is 13.2 Å². The minimum Gasteiger partial charge on any atom is -0.506 e. The zero-order chi connectivity index (χ0) is 25.8. The van der Waals surface area contributed by atoms with Gasteiger partial charge >= 0.3 is 12.1 Å². The average Bonchev–Trinajstić information content (AvgIpc) is 2.83. The number of rotatable bonds is 8. The van der Waals surface area contributed by atoms with Gasteiger partial charge in [-0.3, -0.25) is 19.3 Å². The van der Waals surface area contributed by atoms with Gasteiger partial charge in [0.2, 0.25) is 10.0 Å². The summed E-state index contributed by atoms with van der Waals surface area (Å²) in [7, 11) is -2.90. The van der Waals surface area contributed by atoms with Gasteiger partial charge < -0.3 is 9.84 Å². The molecule has 0 fully saturated rings. The zero-order valence-electron chi connectivity index (χ0n) is 18.2. The first-order valence-corrected chi connectivity index (χ1v) is 11.6. The smallest absolute Gasteiger partial charge is 0.416 e. The maximum atomic E-state index is 12.8. The van der Waals surface area contributed by atoms with E-state index < -0.39 is 51.4 Å². The molecular weight excluding hydrogens is 489 g/mol. The Morgan fingerprint density at radius 1 is 1.03 bits per heavy atom. The number of aromatic nitrogens is 1. The highest BCUT2D eigenvalue weighted by Gasteiger charge is 2.30. The third-order valence-corrected chi connectivity index (χ3v) is 6.13. The molecule has 1 heterocycles. The fourth-order valence-corrected chi connectivity index (χ4v) is 4.03. The quantitative estimate of drug-likeness (QED) is 0.268. The Hall–Kier alpha value is -3.93. The second-order valence-electron chi connectivity index (χ2n) is 7.32. The van der Waals surface area contributed by atoms with Crippen LogP contribution in [-0.4, -0.2) is 43.1 Å². The molecule has 0 amide bonds. The fraction of sp³-hybridized carbons (Fsp3) is 0.174. The molecule has 0 atom stereocenters. The van der Waals surface area contributed by atoms with Crippen LogP contribution in [0, 0.1) is 0 Å². The van der Waals surface area contributed by atoms with Gasteiger partial charge in [-0.15, -0.1) is 0 Å². The van der Waals surface area contributed by atoms with Crippen molar-refractivity contribution in [2.45, 2.75) is 12.6 Å². The van der Waals surface area contributed by atoms with Crippen LogP contribution in [0.5, 0.6) is 5.75 Å². The zero-order valence-corrected chi connectivity index (χ0v) is 19.0. The third-order valence-electron chi connectivity index (χ3n) is 4.86. The third kappa shape index (κ3) is 6.57. The molecule has 0 radical (unpaired) electrons. The summed E-state index contributed by atoms with van der Waals surface area (Å²) in [6.45, 7) is 0. The van der Waals surface area contributed by atoms with Crippen molar-refractivity contribution in [2.24, 2.45) is 0 Å². The van der Waals surface area contributed by atoms with E-state index in [9.17, 15) is 36.3 Å². The van der Waals surface area contributed by atoms with E-state index >= 15 is 0 Å². The summed E-state index contributed by atoms with van der Waals surface area (Å²) in [6.07, 6.45) is -3.62.